The van der Waals surface area contributed by atoms with E-state index >= 15 is 0 Å². The minimum Gasteiger partial charge on any atom is -0.493 e. The summed E-state index contributed by atoms with van der Waals surface area (Å²) < 4.78 is 11.6. The van der Waals surface area contributed by atoms with Crippen LogP contribution in [-0.2, 0) is 0 Å². The number of amides is 1. The first-order valence-corrected chi connectivity index (χ1v) is 10.00. The Morgan fingerprint density at radius 3 is 2.38 bits per heavy atom. The van der Waals surface area contributed by atoms with Crippen molar-refractivity contribution in [3.8, 4) is 11.5 Å². The van der Waals surface area contributed by atoms with Crippen molar-refractivity contribution in [2.24, 2.45) is 0 Å². The lowest BCUT2D eigenvalue weighted by Gasteiger charge is -2.29. The highest BCUT2D eigenvalue weighted by Crippen LogP contribution is 2.31. The summed E-state index contributed by atoms with van der Waals surface area (Å²) in [6.45, 7) is 2.10. The molecule has 1 saturated heterocycles. The van der Waals surface area contributed by atoms with E-state index in [0.717, 1.165) is 44.5 Å². The minimum absolute atomic E-state index is 0.0129. The number of carbonyl (C=O) groups is 1. The Morgan fingerprint density at radius 1 is 1.04 bits per heavy atom. The van der Waals surface area contributed by atoms with E-state index in [1.165, 1.54) is 25.7 Å². The zero-order valence-corrected chi connectivity index (χ0v) is 16.1. The Balaban J connectivity index is 1.62. The highest BCUT2D eigenvalue weighted by Gasteiger charge is 2.21. The molecule has 5 nitrogen and oxygen atoms in total. The van der Waals surface area contributed by atoms with Gasteiger partial charge in [-0.2, -0.15) is 0 Å². The number of nitrogens with one attached hydrogen (secondary N) is 1. The summed E-state index contributed by atoms with van der Waals surface area (Å²) >= 11 is 0. The topological polar surface area (TPSA) is 50.8 Å². The van der Waals surface area contributed by atoms with Crippen molar-refractivity contribution >= 4 is 5.91 Å². The van der Waals surface area contributed by atoms with Gasteiger partial charge in [-0.15, -0.1) is 0 Å². The molecule has 0 bridgehead atoms. The van der Waals surface area contributed by atoms with Crippen molar-refractivity contribution < 1.29 is 14.3 Å². The van der Waals surface area contributed by atoms with Crippen LogP contribution in [-0.4, -0.2) is 50.2 Å². The number of hydrogen-bond donors (Lipinski definition) is 1. The van der Waals surface area contributed by atoms with Crippen LogP contribution in [0.2, 0.25) is 0 Å². The van der Waals surface area contributed by atoms with E-state index in [4.69, 9.17) is 9.47 Å². The predicted molar refractivity (Wildman–Crippen MR) is 103 cm³/mol. The van der Waals surface area contributed by atoms with Crippen molar-refractivity contribution in [3.63, 3.8) is 0 Å². The lowest BCUT2D eigenvalue weighted by Crippen LogP contribution is -2.35. The minimum atomic E-state index is -0.0129. The lowest BCUT2D eigenvalue weighted by atomic mass is 10.1. The van der Waals surface area contributed by atoms with Gasteiger partial charge in [-0.1, -0.05) is 25.7 Å². The number of ether oxygens (including phenoxy) is 2. The average molecular weight is 360 g/mol. The molecule has 2 fully saturated rings. The van der Waals surface area contributed by atoms with Crippen molar-refractivity contribution in [1.82, 2.24) is 10.2 Å². The van der Waals surface area contributed by atoms with Crippen LogP contribution < -0.4 is 14.8 Å². The van der Waals surface area contributed by atoms with E-state index in [0.29, 0.717) is 17.4 Å². The molecule has 1 heterocycles. The summed E-state index contributed by atoms with van der Waals surface area (Å²) in [7, 11) is 3.77. The second-order valence-electron chi connectivity index (χ2n) is 7.65. The van der Waals surface area contributed by atoms with Gasteiger partial charge in [0.2, 0.25) is 0 Å². The van der Waals surface area contributed by atoms with Gasteiger partial charge in [0.1, 0.15) is 6.10 Å². The summed E-state index contributed by atoms with van der Waals surface area (Å²) in [5, 5.41) is 3.19. The van der Waals surface area contributed by atoms with Crippen LogP contribution in [0.1, 0.15) is 61.7 Å². The maximum Gasteiger partial charge on any atom is 0.251 e. The van der Waals surface area contributed by atoms with Crippen LogP contribution >= 0.6 is 0 Å². The summed E-state index contributed by atoms with van der Waals surface area (Å²) in [6, 6.07) is 5.82. The van der Waals surface area contributed by atoms with Gasteiger partial charge in [-0.05, 0) is 50.9 Å². The zero-order chi connectivity index (χ0) is 18.4. The maximum absolute atomic E-state index is 12.6. The molecule has 0 radical (unpaired) electrons. The quantitative estimate of drug-likeness (QED) is 0.815. The number of carbonyl (C=O) groups excluding carboxylic acids is 1. The van der Waals surface area contributed by atoms with E-state index < -0.39 is 0 Å². The van der Waals surface area contributed by atoms with Gasteiger partial charge in [0.15, 0.2) is 11.5 Å². The van der Waals surface area contributed by atoms with E-state index in [2.05, 4.69) is 17.3 Å². The van der Waals surface area contributed by atoms with Crippen molar-refractivity contribution in [3.05, 3.63) is 23.8 Å². The van der Waals surface area contributed by atoms with Crippen LogP contribution in [0.3, 0.4) is 0 Å². The summed E-state index contributed by atoms with van der Waals surface area (Å²) in [4.78, 5) is 14.9. The fourth-order valence-electron chi connectivity index (χ4n) is 3.88. The fraction of sp³-hybridized carbons (Fsp3) is 0.667. The van der Waals surface area contributed by atoms with E-state index in [9.17, 15) is 4.79 Å². The molecule has 144 valence electrons. The average Bonchev–Trinajstić information content (AvgIpc) is 2.92. The molecule has 1 aromatic carbocycles. The van der Waals surface area contributed by atoms with Gasteiger partial charge in [-0.25, -0.2) is 0 Å². The summed E-state index contributed by atoms with van der Waals surface area (Å²) in [5.41, 5.74) is 0.641. The molecule has 1 N–H and O–H groups in total. The SMILES string of the molecule is COc1cc(C(=O)NC2CCCCCC2)ccc1OC1CCN(C)CC1. The number of rotatable bonds is 5. The summed E-state index contributed by atoms with van der Waals surface area (Å²) in [6.07, 6.45) is 9.39. The van der Waals surface area contributed by atoms with Crippen molar-refractivity contribution in [2.45, 2.75) is 63.5 Å². The molecule has 0 unspecified atom stereocenters. The highest BCUT2D eigenvalue weighted by atomic mass is 16.5. The molecule has 2 aliphatic rings. The smallest absolute Gasteiger partial charge is 0.251 e. The molecule has 1 aromatic rings. The Bertz CT molecular complexity index is 589. The van der Waals surface area contributed by atoms with Crippen LogP contribution in [0, 0.1) is 0 Å². The van der Waals surface area contributed by atoms with Crippen molar-refractivity contribution in [2.75, 3.05) is 27.2 Å². The van der Waals surface area contributed by atoms with Crippen LogP contribution in [0.25, 0.3) is 0 Å². The molecule has 1 amide bonds. The molecule has 0 atom stereocenters. The van der Waals surface area contributed by atoms with Gasteiger partial charge in [-0.3, -0.25) is 4.79 Å². The molecule has 0 aromatic heterocycles. The molecule has 26 heavy (non-hydrogen) atoms. The largest absolute Gasteiger partial charge is 0.493 e. The molecule has 1 saturated carbocycles. The van der Waals surface area contributed by atoms with Crippen molar-refractivity contribution in [1.29, 1.82) is 0 Å². The van der Waals surface area contributed by atoms with Gasteiger partial charge in [0, 0.05) is 24.7 Å². The number of hydrogen-bond acceptors (Lipinski definition) is 4. The Morgan fingerprint density at radius 2 is 1.73 bits per heavy atom. The Labute approximate surface area is 157 Å². The van der Waals surface area contributed by atoms with Crippen LogP contribution in [0.5, 0.6) is 11.5 Å². The number of likely N-dealkylation sites (tertiary alicyclic amines) is 1. The first-order valence-electron chi connectivity index (χ1n) is 10.00. The molecule has 0 spiro atoms. The zero-order valence-electron chi connectivity index (χ0n) is 16.1. The fourth-order valence-corrected chi connectivity index (χ4v) is 3.88. The van der Waals surface area contributed by atoms with E-state index in [1.807, 2.05) is 12.1 Å². The summed E-state index contributed by atoms with van der Waals surface area (Å²) in [5.74, 6) is 1.35. The van der Waals surface area contributed by atoms with Gasteiger partial charge in [0.25, 0.3) is 5.91 Å². The normalized spacial score (nSPS) is 20.4. The number of methoxy groups -OCH3 is 1. The standard InChI is InChI=1S/C21H32N2O3/c1-23-13-11-18(12-14-23)26-19-10-9-16(15-20(19)25-2)21(24)22-17-7-5-3-4-6-8-17/h9-10,15,17-18H,3-8,11-14H2,1-2H3,(H,22,24). The number of piperidine rings is 1. The second-order valence-corrected chi connectivity index (χ2v) is 7.65. The van der Waals surface area contributed by atoms with E-state index in [-0.39, 0.29) is 12.0 Å². The monoisotopic (exact) mass is 360 g/mol. The van der Waals surface area contributed by atoms with Crippen LogP contribution in [0.15, 0.2) is 18.2 Å². The van der Waals surface area contributed by atoms with Crippen LogP contribution in [0.4, 0.5) is 0 Å². The van der Waals surface area contributed by atoms with Gasteiger partial charge in [0.05, 0.1) is 7.11 Å². The lowest BCUT2D eigenvalue weighted by molar-refractivity contribution is 0.0932. The highest BCUT2D eigenvalue weighted by molar-refractivity contribution is 5.95. The Kier molecular flexibility index (Phi) is 6.78. The Hall–Kier alpha value is -1.75. The van der Waals surface area contributed by atoms with E-state index in [1.54, 1.807) is 13.2 Å². The third kappa shape index (κ3) is 5.13. The number of benzene rings is 1. The number of nitrogens with zero attached hydrogens (tertiary/aromatic N) is 1. The molecule has 1 aliphatic heterocycles. The molecular weight excluding hydrogens is 328 g/mol. The molecule has 5 heteroatoms. The van der Waals surface area contributed by atoms with Gasteiger partial charge < -0.3 is 19.7 Å². The van der Waals surface area contributed by atoms with Gasteiger partial charge >= 0.3 is 0 Å². The molecular formula is C21H32N2O3. The first kappa shape index (κ1) is 19.0. The third-order valence-corrected chi connectivity index (χ3v) is 5.58. The first-order chi connectivity index (χ1) is 12.7. The maximum atomic E-state index is 12.6. The second kappa shape index (κ2) is 9.26. The molecule has 1 aliphatic carbocycles. The third-order valence-electron chi connectivity index (χ3n) is 5.58. The predicted octanol–water partition coefficient (Wildman–Crippen LogP) is 3.62. The molecule has 3 rings (SSSR count).